The Hall–Kier alpha value is -1.31. The van der Waals surface area contributed by atoms with E-state index in [0.29, 0.717) is 6.42 Å². The van der Waals surface area contributed by atoms with Gasteiger partial charge in [-0.25, -0.2) is 0 Å². The van der Waals surface area contributed by atoms with Crippen LogP contribution in [0.25, 0.3) is 0 Å². The minimum absolute atomic E-state index is 0.0988. The van der Waals surface area contributed by atoms with E-state index >= 15 is 0 Å². The Morgan fingerprint density at radius 3 is 2.57 bits per heavy atom. The first-order chi connectivity index (χ1) is 6.52. The third-order valence-corrected chi connectivity index (χ3v) is 1.68. The third-order valence-electron chi connectivity index (χ3n) is 1.68. The summed E-state index contributed by atoms with van der Waals surface area (Å²) in [6, 6.07) is 0. The first-order valence-corrected chi connectivity index (χ1v) is 4.70. The zero-order valence-corrected chi connectivity index (χ0v) is 8.88. The number of carboxylic acid groups (broad SMARTS) is 1. The topological polar surface area (TPSA) is 40.1 Å². The van der Waals surface area contributed by atoms with Gasteiger partial charge in [-0.3, -0.25) is 0 Å². The highest BCUT2D eigenvalue weighted by Crippen LogP contribution is 2.05. The van der Waals surface area contributed by atoms with Crippen molar-refractivity contribution in [3.63, 3.8) is 0 Å². The Morgan fingerprint density at radius 2 is 2.07 bits per heavy atom. The molecule has 0 saturated heterocycles. The summed E-state index contributed by atoms with van der Waals surface area (Å²) in [5, 5.41) is 10.1. The van der Waals surface area contributed by atoms with Gasteiger partial charge in [0.05, 0.1) is 0 Å². The van der Waals surface area contributed by atoms with Crippen molar-refractivity contribution in [1.29, 1.82) is 0 Å². The van der Waals surface area contributed by atoms with Crippen molar-refractivity contribution in [3.8, 4) is 0 Å². The normalized spacial score (nSPS) is 12.0. The highest BCUT2D eigenvalue weighted by molar-refractivity contribution is 5.64. The Bertz CT molecular complexity index is 259. The van der Waals surface area contributed by atoms with Crippen LogP contribution in [-0.2, 0) is 4.79 Å². The van der Waals surface area contributed by atoms with Gasteiger partial charge in [0.15, 0.2) is 0 Å². The van der Waals surface area contributed by atoms with E-state index in [2.05, 4.69) is 6.58 Å². The zero-order chi connectivity index (χ0) is 11.0. The molecule has 0 aromatic carbocycles. The van der Waals surface area contributed by atoms with Gasteiger partial charge in [0.1, 0.15) is 0 Å². The zero-order valence-electron chi connectivity index (χ0n) is 8.88. The molecule has 0 bridgehead atoms. The maximum absolute atomic E-state index is 10.1. The van der Waals surface area contributed by atoms with Gasteiger partial charge in [-0.2, -0.15) is 0 Å². The van der Waals surface area contributed by atoms with Crippen molar-refractivity contribution >= 4 is 5.97 Å². The van der Waals surface area contributed by atoms with Gasteiger partial charge in [-0.15, -0.1) is 0 Å². The van der Waals surface area contributed by atoms with Crippen LogP contribution in [0.15, 0.2) is 36.0 Å². The highest BCUT2D eigenvalue weighted by atomic mass is 16.4. The molecular formula is C12H17O2-. The summed E-state index contributed by atoms with van der Waals surface area (Å²) < 4.78 is 0. The van der Waals surface area contributed by atoms with Gasteiger partial charge in [-0.1, -0.05) is 36.0 Å². The predicted molar refractivity (Wildman–Crippen MR) is 56.6 cm³/mol. The van der Waals surface area contributed by atoms with Gasteiger partial charge in [0.2, 0.25) is 0 Å². The molecular weight excluding hydrogens is 176 g/mol. The fourth-order valence-electron chi connectivity index (χ4n) is 0.966. The average molecular weight is 193 g/mol. The molecule has 0 aromatic heterocycles. The van der Waals surface area contributed by atoms with Crippen molar-refractivity contribution in [1.82, 2.24) is 0 Å². The van der Waals surface area contributed by atoms with Crippen LogP contribution in [0.3, 0.4) is 0 Å². The molecule has 0 amide bonds. The van der Waals surface area contributed by atoms with E-state index in [0.717, 1.165) is 12.0 Å². The second kappa shape index (κ2) is 7.13. The predicted octanol–water partition coefficient (Wildman–Crippen LogP) is 1.99. The Morgan fingerprint density at radius 1 is 1.43 bits per heavy atom. The summed E-state index contributed by atoms with van der Waals surface area (Å²) >= 11 is 0. The monoisotopic (exact) mass is 193 g/mol. The number of hydrogen-bond donors (Lipinski definition) is 0. The maximum Gasteiger partial charge on any atom is 0.0417 e. The minimum atomic E-state index is -0.994. The summed E-state index contributed by atoms with van der Waals surface area (Å²) in [5.41, 5.74) is 2.19. The van der Waals surface area contributed by atoms with Crippen LogP contribution >= 0.6 is 0 Å². The second-order valence-corrected chi connectivity index (χ2v) is 3.41. The molecule has 0 atom stereocenters. The summed E-state index contributed by atoms with van der Waals surface area (Å²) in [7, 11) is 0. The van der Waals surface area contributed by atoms with Crippen LogP contribution < -0.4 is 5.11 Å². The lowest BCUT2D eigenvalue weighted by Crippen LogP contribution is -2.21. The summed E-state index contributed by atoms with van der Waals surface area (Å²) in [5.74, 6) is -0.994. The van der Waals surface area contributed by atoms with Crippen molar-refractivity contribution in [3.05, 3.63) is 36.0 Å². The van der Waals surface area contributed by atoms with Crippen molar-refractivity contribution < 1.29 is 9.90 Å². The van der Waals surface area contributed by atoms with Gasteiger partial charge >= 0.3 is 0 Å². The van der Waals surface area contributed by atoms with E-state index < -0.39 is 5.97 Å². The first kappa shape index (κ1) is 12.7. The molecule has 0 N–H and O–H groups in total. The second-order valence-electron chi connectivity index (χ2n) is 3.41. The molecule has 0 spiro atoms. The van der Waals surface area contributed by atoms with E-state index in [1.54, 1.807) is 0 Å². The molecule has 0 aliphatic carbocycles. The Kier molecular flexibility index (Phi) is 6.46. The Labute approximate surface area is 85.6 Å². The lowest BCUT2D eigenvalue weighted by Gasteiger charge is -1.99. The summed E-state index contributed by atoms with van der Waals surface area (Å²) in [6.07, 6.45) is 7.40. The van der Waals surface area contributed by atoms with Crippen LogP contribution in [-0.4, -0.2) is 5.97 Å². The largest absolute Gasteiger partial charge is 0.550 e. The molecule has 0 aliphatic heterocycles. The maximum atomic E-state index is 10.1. The smallest absolute Gasteiger partial charge is 0.0417 e. The van der Waals surface area contributed by atoms with Crippen molar-refractivity contribution in [2.45, 2.75) is 33.1 Å². The third kappa shape index (κ3) is 8.78. The molecule has 2 nitrogen and oxygen atoms in total. The fourth-order valence-corrected chi connectivity index (χ4v) is 0.966. The molecule has 2 heteroatoms. The molecule has 0 radical (unpaired) electrons. The standard InChI is InChI=1S/C12H18O2/c1-10(2)6-4-7-11(3)8-5-9-12(13)14/h4,6,8H,1,5,7,9H2,2-3H3,(H,13,14)/p-1/b6-4+,11-8+. The first-order valence-electron chi connectivity index (χ1n) is 4.70. The molecule has 0 rings (SSSR count). The summed E-state index contributed by atoms with van der Waals surface area (Å²) in [6.45, 7) is 7.67. The minimum Gasteiger partial charge on any atom is -0.550 e. The summed E-state index contributed by atoms with van der Waals surface area (Å²) in [4.78, 5) is 10.1. The van der Waals surface area contributed by atoms with Crippen LogP contribution in [0.5, 0.6) is 0 Å². The average Bonchev–Trinajstić information content (AvgIpc) is 2.02. The van der Waals surface area contributed by atoms with Gasteiger partial charge in [-0.05, 0) is 33.1 Å². The van der Waals surface area contributed by atoms with E-state index in [9.17, 15) is 9.90 Å². The number of carboxylic acids is 1. The molecule has 0 aliphatic rings. The SMILES string of the molecule is C=C(C)/C=C/C/C(C)=C/CCC(=O)[O-]. The molecule has 0 aromatic rings. The van der Waals surface area contributed by atoms with Crippen LogP contribution in [0.1, 0.15) is 33.1 Å². The number of carbonyl (C=O) groups excluding carboxylic acids is 1. The lowest BCUT2D eigenvalue weighted by atomic mass is 10.1. The molecule has 78 valence electrons. The number of rotatable bonds is 6. The van der Waals surface area contributed by atoms with E-state index in [1.807, 2.05) is 32.1 Å². The molecule has 0 heterocycles. The molecule has 14 heavy (non-hydrogen) atoms. The van der Waals surface area contributed by atoms with Crippen LogP contribution in [0.4, 0.5) is 0 Å². The van der Waals surface area contributed by atoms with Crippen molar-refractivity contribution in [2.24, 2.45) is 0 Å². The number of aliphatic carboxylic acids is 1. The molecule has 0 fully saturated rings. The number of allylic oxidation sites excluding steroid dienone is 5. The highest BCUT2D eigenvalue weighted by Gasteiger charge is 1.87. The number of hydrogen-bond acceptors (Lipinski definition) is 2. The van der Waals surface area contributed by atoms with E-state index in [4.69, 9.17) is 0 Å². The van der Waals surface area contributed by atoms with Crippen molar-refractivity contribution in [2.75, 3.05) is 0 Å². The van der Waals surface area contributed by atoms with E-state index in [-0.39, 0.29) is 6.42 Å². The molecule has 0 saturated carbocycles. The number of carbonyl (C=O) groups is 1. The Balaban J connectivity index is 3.77. The molecule has 0 unspecified atom stereocenters. The quantitative estimate of drug-likeness (QED) is 0.478. The van der Waals surface area contributed by atoms with Gasteiger partial charge < -0.3 is 9.90 Å². The van der Waals surface area contributed by atoms with Gasteiger partial charge in [0.25, 0.3) is 0 Å². The van der Waals surface area contributed by atoms with Crippen LogP contribution in [0.2, 0.25) is 0 Å². The lowest BCUT2D eigenvalue weighted by molar-refractivity contribution is -0.305. The van der Waals surface area contributed by atoms with Crippen LogP contribution in [0, 0.1) is 0 Å². The van der Waals surface area contributed by atoms with E-state index in [1.165, 1.54) is 5.57 Å². The van der Waals surface area contributed by atoms with Gasteiger partial charge in [0, 0.05) is 5.97 Å². The fraction of sp³-hybridized carbons (Fsp3) is 0.417.